The normalized spacial score (nSPS) is 21.4. The van der Waals surface area contributed by atoms with Crippen LogP contribution in [0.3, 0.4) is 0 Å². The molecule has 1 saturated carbocycles. The molecule has 0 aliphatic heterocycles. The Morgan fingerprint density at radius 3 is 2.76 bits per heavy atom. The lowest BCUT2D eigenvalue weighted by Gasteiger charge is -2.35. The van der Waals surface area contributed by atoms with Crippen molar-refractivity contribution >= 4 is 0 Å². The van der Waals surface area contributed by atoms with Crippen molar-refractivity contribution in [3.63, 3.8) is 0 Å². The maximum atomic E-state index is 10.6. The Labute approximate surface area is 103 Å². The first-order valence-corrected chi connectivity index (χ1v) is 6.72. The molecule has 1 aromatic heterocycles. The molecule has 17 heavy (non-hydrogen) atoms. The molecule has 1 N–H and O–H groups in total. The van der Waals surface area contributed by atoms with Gasteiger partial charge in [-0.05, 0) is 32.6 Å². The Morgan fingerprint density at radius 1 is 1.41 bits per heavy atom. The molecule has 1 atom stereocenters. The monoisotopic (exact) mass is 237 g/mol. The molecule has 1 unspecified atom stereocenters. The second kappa shape index (κ2) is 5.17. The van der Waals surface area contributed by atoms with Crippen LogP contribution in [-0.4, -0.2) is 25.5 Å². The van der Waals surface area contributed by atoms with Crippen molar-refractivity contribution in [1.82, 2.24) is 14.8 Å². The Morgan fingerprint density at radius 2 is 2.12 bits per heavy atom. The van der Waals surface area contributed by atoms with Crippen molar-refractivity contribution in [1.29, 1.82) is 0 Å². The highest BCUT2D eigenvalue weighted by atomic mass is 16.3. The van der Waals surface area contributed by atoms with Gasteiger partial charge in [-0.25, -0.2) is 4.98 Å². The topological polar surface area (TPSA) is 50.9 Å². The van der Waals surface area contributed by atoms with E-state index in [-0.39, 0.29) is 0 Å². The fourth-order valence-corrected chi connectivity index (χ4v) is 2.88. The van der Waals surface area contributed by atoms with Gasteiger partial charge in [0.25, 0.3) is 0 Å². The third-order valence-electron chi connectivity index (χ3n) is 4.00. The highest BCUT2D eigenvalue weighted by Crippen LogP contribution is 2.34. The van der Waals surface area contributed by atoms with Gasteiger partial charge in [0.05, 0.1) is 5.60 Å². The quantitative estimate of drug-likeness (QED) is 0.873. The molecule has 1 aromatic rings. The van der Waals surface area contributed by atoms with Gasteiger partial charge >= 0.3 is 0 Å². The van der Waals surface area contributed by atoms with Crippen LogP contribution in [0.1, 0.15) is 51.8 Å². The van der Waals surface area contributed by atoms with E-state index in [0.29, 0.717) is 12.3 Å². The third kappa shape index (κ3) is 2.86. The van der Waals surface area contributed by atoms with Crippen LogP contribution in [0.2, 0.25) is 0 Å². The number of nitrogens with zero attached hydrogens (tertiary/aromatic N) is 3. The SMILES string of the molecule is CCn1ncnc1CC(C)(O)C1CCCCC1. The Hall–Kier alpha value is -0.900. The van der Waals surface area contributed by atoms with Gasteiger partial charge in [-0.2, -0.15) is 5.10 Å². The van der Waals surface area contributed by atoms with Crippen molar-refractivity contribution in [2.24, 2.45) is 5.92 Å². The summed E-state index contributed by atoms with van der Waals surface area (Å²) >= 11 is 0. The highest BCUT2D eigenvalue weighted by molar-refractivity contribution is 4.96. The van der Waals surface area contributed by atoms with E-state index in [2.05, 4.69) is 10.1 Å². The highest BCUT2D eigenvalue weighted by Gasteiger charge is 2.34. The summed E-state index contributed by atoms with van der Waals surface area (Å²) in [4.78, 5) is 4.26. The molecule has 0 amide bonds. The first-order valence-electron chi connectivity index (χ1n) is 6.72. The van der Waals surface area contributed by atoms with Crippen molar-refractivity contribution < 1.29 is 5.11 Å². The maximum absolute atomic E-state index is 10.6. The summed E-state index contributed by atoms with van der Waals surface area (Å²) in [6.07, 6.45) is 8.31. The van der Waals surface area contributed by atoms with Gasteiger partial charge in [-0.1, -0.05) is 19.3 Å². The standard InChI is InChI=1S/C13H23N3O/c1-3-16-12(14-10-15-16)9-13(2,17)11-7-5-4-6-8-11/h10-11,17H,3-9H2,1-2H3. The molecule has 2 rings (SSSR count). The lowest BCUT2D eigenvalue weighted by molar-refractivity contribution is -0.0182. The van der Waals surface area contributed by atoms with Crippen LogP contribution < -0.4 is 0 Å². The van der Waals surface area contributed by atoms with Crippen molar-refractivity contribution in [3.05, 3.63) is 12.2 Å². The van der Waals surface area contributed by atoms with E-state index in [1.165, 1.54) is 19.3 Å². The maximum Gasteiger partial charge on any atom is 0.138 e. The average molecular weight is 237 g/mol. The molecule has 1 aliphatic rings. The molecule has 0 spiro atoms. The number of aromatic nitrogens is 3. The molecule has 96 valence electrons. The first kappa shape index (κ1) is 12.6. The molecule has 1 aliphatic carbocycles. The molecule has 0 radical (unpaired) electrons. The van der Waals surface area contributed by atoms with Crippen LogP contribution in [-0.2, 0) is 13.0 Å². The fourth-order valence-electron chi connectivity index (χ4n) is 2.88. The van der Waals surface area contributed by atoms with E-state index in [9.17, 15) is 5.11 Å². The number of hydrogen-bond donors (Lipinski definition) is 1. The van der Waals surface area contributed by atoms with E-state index < -0.39 is 5.60 Å². The lowest BCUT2D eigenvalue weighted by atomic mass is 9.76. The molecule has 1 heterocycles. The number of aliphatic hydroxyl groups is 1. The number of aryl methyl sites for hydroxylation is 1. The Bertz CT molecular complexity index is 353. The zero-order valence-electron chi connectivity index (χ0n) is 10.9. The van der Waals surface area contributed by atoms with Crippen LogP contribution in [0.4, 0.5) is 0 Å². The molecular weight excluding hydrogens is 214 g/mol. The summed E-state index contributed by atoms with van der Waals surface area (Å²) < 4.78 is 1.87. The summed E-state index contributed by atoms with van der Waals surface area (Å²) in [5.41, 5.74) is -0.639. The van der Waals surface area contributed by atoms with Crippen LogP contribution in [0.25, 0.3) is 0 Å². The van der Waals surface area contributed by atoms with Crippen LogP contribution >= 0.6 is 0 Å². The number of hydrogen-bond acceptors (Lipinski definition) is 3. The third-order valence-corrected chi connectivity index (χ3v) is 4.00. The molecule has 0 saturated heterocycles. The summed E-state index contributed by atoms with van der Waals surface area (Å²) in [7, 11) is 0. The minimum atomic E-state index is -0.639. The zero-order valence-corrected chi connectivity index (χ0v) is 10.9. The molecule has 4 nitrogen and oxygen atoms in total. The van der Waals surface area contributed by atoms with Crippen LogP contribution in [0.15, 0.2) is 6.33 Å². The second-order valence-corrected chi connectivity index (χ2v) is 5.36. The van der Waals surface area contributed by atoms with Gasteiger partial charge in [0.2, 0.25) is 0 Å². The average Bonchev–Trinajstić information content (AvgIpc) is 2.77. The van der Waals surface area contributed by atoms with Crippen LogP contribution in [0.5, 0.6) is 0 Å². The first-order chi connectivity index (χ1) is 8.13. The van der Waals surface area contributed by atoms with Gasteiger partial charge in [-0.3, -0.25) is 4.68 Å². The van der Waals surface area contributed by atoms with Gasteiger partial charge < -0.3 is 5.11 Å². The summed E-state index contributed by atoms with van der Waals surface area (Å²) in [6.45, 7) is 4.82. The van der Waals surface area contributed by atoms with Gasteiger partial charge in [-0.15, -0.1) is 0 Å². The lowest BCUT2D eigenvalue weighted by Crippen LogP contribution is -2.39. The van der Waals surface area contributed by atoms with Crippen molar-refractivity contribution in [2.75, 3.05) is 0 Å². The molecule has 1 fully saturated rings. The fraction of sp³-hybridized carbons (Fsp3) is 0.846. The van der Waals surface area contributed by atoms with Gasteiger partial charge in [0.1, 0.15) is 12.2 Å². The second-order valence-electron chi connectivity index (χ2n) is 5.36. The van der Waals surface area contributed by atoms with Gasteiger partial charge in [0, 0.05) is 13.0 Å². The Balaban J connectivity index is 2.05. The molecule has 0 aromatic carbocycles. The predicted molar refractivity (Wildman–Crippen MR) is 66.6 cm³/mol. The minimum Gasteiger partial charge on any atom is -0.389 e. The Kier molecular flexibility index (Phi) is 3.82. The largest absolute Gasteiger partial charge is 0.389 e. The van der Waals surface area contributed by atoms with E-state index >= 15 is 0 Å². The van der Waals surface area contributed by atoms with Crippen molar-refractivity contribution in [2.45, 2.75) is 64.5 Å². The smallest absolute Gasteiger partial charge is 0.138 e. The van der Waals surface area contributed by atoms with E-state index in [0.717, 1.165) is 25.2 Å². The summed E-state index contributed by atoms with van der Waals surface area (Å²) in [5, 5.41) is 14.8. The number of rotatable bonds is 4. The van der Waals surface area contributed by atoms with Crippen molar-refractivity contribution in [3.8, 4) is 0 Å². The summed E-state index contributed by atoms with van der Waals surface area (Å²) in [6, 6.07) is 0. The van der Waals surface area contributed by atoms with E-state index in [1.807, 2.05) is 18.5 Å². The minimum absolute atomic E-state index is 0.415. The molecule has 4 heteroatoms. The summed E-state index contributed by atoms with van der Waals surface area (Å²) in [5.74, 6) is 1.32. The van der Waals surface area contributed by atoms with Crippen LogP contribution in [0, 0.1) is 5.92 Å². The predicted octanol–water partition coefficient (Wildman–Crippen LogP) is 2.17. The van der Waals surface area contributed by atoms with E-state index in [1.54, 1.807) is 6.33 Å². The van der Waals surface area contributed by atoms with Gasteiger partial charge in [0.15, 0.2) is 0 Å². The molecular formula is C13H23N3O. The van der Waals surface area contributed by atoms with E-state index in [4.69, 9.17) is 0 Å². The zero-order chi connectivity index (χ0) is 12.3. The molecule has 0 bridgehead atoms.